The predicted octanol–water partition coefficient (Wildman–Crippen LogP) is 2.44. The van der Waals surface area contributed by atoms with Crippen molar-refractivity contribution in [2.45, 2.75) is 32.7 Å². The lowest BCUT2D eigenvalue weighted by Crippen LogP contribution is -2.31. The third-order valence-electron chi connectivity index (χ3n) is 2.28. The van der Waals surface area contributed by atoms with Crippen molar-refractivity contribution in [3.8, 4) is 0 Å². The maximum absolute atomic E-state index is 12.2. The Hall–Kier alpha value is -0.960. The number of benzene rings is 1. The molecule has 0 saturated heterocycles. The lowest BCUT2D eigenvalue weighted by Gasteiger charge is -2.12. The van der Waals surface area contributed by atoms with Crippen molar-refractivity contribution in [2.24, 2.45) is 5.73 Å². The van der Waals surface area contributed by atoms with Crippen LogP contribution in [0.25, 0.3) is 0 Å². The van der Waals surface area contributed by atoms with Crippen LogP contribution in [0.4, 0.5) is 8.78 Å². The lowest BCUT2D eigenvalue weighted by atomic mass is 10.00. The van der Waals surface area contributed by atoms with E-state index >= 15 is 0 Å². The van der Waals surface area contributed by atoms with Gasteiger partial charge in [0, 0.05) is 0 Å². The van der Waals surface area contributed by atoms with Crippen molar-refractivity contribution < 1.29 is 8.78 Å². The van der Waals surface area contributed by atoms with Gasteiger partial charge in [-0.2, -0.15) is 0 Å². The van der Waals surface area contributed by atoms with Gasteiger partial charge in [-0.15, -0.1) is 0 Å². The fraction of sp³-hybridized carbons (Fsp3) is 0.455. The van der Waals surface area contributed by atoms with Crippen LogP contribution < -0.4 is 5.73 Å². The molecule has 0 amide bonds. The van der Waals surface area contributed by atoms with E-state index in [0.29, 0.717) is 0 Å². The summed E-state index contributed by atoms with van der Waals surface area (Å²) in [5.41, 5.74) is 8.38. The quantitative estimate of drug-likeness (QED) is 0.795. The van der Waals surface area contributed by atoms with Crippen LogP contribution in [0.3, 0.4) is 0 Å². The zero-order valence-corrected chi connectivity index (χ0v) is 8.43. The van der Waals surface area contributed by atoms with E-state index in [1.165, 1.54) is 0 Å². The Balaban J connectivity index is 2.77. The molecule has 1 aromatic carbocycles. The minimum absolute atomic E-state index is 0.240. The third kappa shape index (κ3) is 2.77. The van der Waals surface area contributed by atoms with E-state index in [1.54, 1.807) is 0 Å². The summed E-state index contributed by atoms with van der Waals surface area (Å²) in [7, 11) is 0. The van der Waals surface area contributed by atoms with E-state index < -0.39 is 12.5 Å². The Morgan fingerprint density at radius 3 is 2.43 bits per heavy atom. The van der Waals surface area contributed by atoms with Crippen LogP contribution >= 0.6 is 0 Å². The molecule has 3 heteroatoms. The molecule has 0 aliphatic rings. The molecule has 2 N–H and O–H groups in total. The Kier molecular flexibility index (Phi) is 3.58. The van der Waals surface area contributed by atoms with Gasteiger partial charge in [-0.3, -0.25) is 0 Å². The van der Waals surface area contributed by atoms with E-state index in [-0.39, 0.29) is 6.42 Å². The molecule has 0 aromatic heterocycles. The summed E-state index contributed by atoms with van der Waals surface area (Å²) < 4.78 is 24.4. The summed E-state index contributed by atoms with van der Waals surface area (Å²) in [4.78, 5) is 0. The normalized spacial score (nSPS) is 13.3. The first-order chi connectivity index (χ1) is 6.50. The second-order valence-corrected chi connectivity index (χ2v) is 3.63. The number of halogens is 2. The van der Waals surface area contributed by atoms with Gasteiger partial charge in [0.05, 0.1) is 6.04 Å². The van der Waals surface area contributed by atoms with Gasteiger partial charge in [-0.25, -0.2) is 8.78 Å². The molecular weight excluding hydrogens is 184 g/mol. The van der Waals surface area contributed by atoms with E-state index in [9.17, 15) is 8.78 Å². The van der Waals surface area contributed by atoms with Crippen molar-refractivity contribution >= 4 is 0 Å². The highest BCUT2D eigenvalue weighted by Crippen LogP contribution is 2.14. The first kappa shape index (κ1) is 11.1. The zero-order valence-electron chi connectivity index (χ0n) is 8.43. The van der Waals surface area contributed by atoms with Crippen molar-refractivity contribution in [1.29, 1.82) is 0 Å². The van der Waals surface area contributed by atoms with Gasteiger partial charge in [0.2, 0.25) is 0 Å². The van der Waals surface area contributed by atoms with E-state index in [4.69, 9.17) is 5.73 Å². The fourth-order valence-electron chi connectivity index (χ4n) is 1.42. The minimum Gasteiger partial charge on any atom is -0.323 e. The molecule has 0 saturated carbocycles. The number of rotatable bonds is 3. The highest BCUT2D eigenvalue weighted by molar-refractivity contribution is 5.30. The highest BCUT2D eigenvalue weighted by Gasteiger charge is 2.16. The number of alkyl halides is 2. The van der Waals surface area contributed by atoms with Gasteiger partial charge < -0.3 is 5.73 Å². The topological polar surface area (TPSA) is 26.0 Å². The summed E-state index contributed by atoms with van der Waals surface area (Å²) >= 11 is 0. The van der Waals surface area contributed by atoms with Gasteiger partial charge in [0.1, 0.15) is 0 Å². The minimum atomic E-state index is -2.45. The molecule has 1 aromatic rings. The largest absolute Gasteiger partial charge is 0.323 e. The summed E-state index contributed by atoms with van der Waals surface area (Å²) in [5, 5.41) is 0. The average Bonchev–Trinajstić information content (AvgIpc) is 2.09. The second kappa shape index (κ2) is 4.51. The van der Waals surface area contributed by atoms with E-state index in [1.807, 2.05) is 32.0 Å². The van der Waals surface area contributed by atoms with Crippen LogP contribution in [0.5, 0.6) is 0 Å². The van der Waals surface area contributed by atoms with Crippen molar-refractivity contribution in [2.75, 3.05) is 0 Å². The molecule has 0 aliphatic heterocycles. The first-order valence-corrected chi connectivity index (χ1v) is 4.60. The molecule has 0 heterocycles. The molecule has 0 bridgehead atoms. The molecule has 1 unspecified atom stereocenters. The monoisotopic (exact) mass is 199 g/mol. The molecule has 0 aliphatic carbocycles. The molecule has 0 fully saturated rings. The average molecular weight is 199 g/mol. The molecule has 1 atom stereocenters. The number of hydrogen-bond acceptors (Lipinski definition) is 1. The Morgan fingerprint density at radius 2 is 1.93 bits per heavy atom. The van der Waals surface area contributed by atoms with Crippen LogP contribution in [0, 0.1) is 13.8 Å². The van der Waals surface area contributed by atoms with Crippen LogP contribution in [-0.2, 0) is 6.42 Å². The summed E-state index contributed by atoms with van der Waals surface area (Å²) in [5.74, 6) is 0. The summed E-state index contributed by atoms with van der Waals surface area (Å²) in [6.45, 7) is 3.89. The third-order valence-corrected chi connectivity index (χ3v) is 2.28. The summed E-state index contributed by atoms with van der Waals surface area (Å²) in [6.07, 6.45) is -2.21. The van der Waals surface area contributed by atoms with Crippen LogP contribution in [0.2, 0.25) is 0 Å². The Bertz CT molecular complexity index is 310. The van der Waals surface area contributed by atoms with Crippen LogP contribution in [0.1, 0.15) is 16.7 Å². The first-order valence-electron chi connectivity index (χ1n) is 4.60. The van der Waals surface area contributed by atoms with Gasteiger partial charge >= 0.3 is 0 Å². The summed E-state index contributed by atoms with van der Waals surface area (Å²) in [6, 6.07) is 4.71. The standard InChI is InChI=1S/C11H15F2N/c1-7-3-4-9(8(2)5-7)6-10(14)11(12)13/h3-5,10-11H,6,14H2,1-2H3. The molecule has 0 radical (unpaired) electrons. The van der Waals surface area contributed by atoms with Crippen molar-refractivity contribution in [3.05, 3.63) is 34.9 Å². The molecule has 1 nitrogen and oxygen atoms in total. The van der Waals surface area contributed by atoms with Gasteiger partial charge in [0.25, 0.3) is 6.43 Å². The number of nitrogens with two attached hydrogens (primary N) is 1. The van der Waals surface area contributed by atoms with E-state index in [2.05, 4.69) is 0 Å². The van der Waals surface area contributed by atoms with Crippen molar-refractivity contribution in [3.63, 3.8) is 0 Å². The van der Waals surface area contributed by atoms with Crippen LogP contribution in [-0.4, -0.2) is 12.5 Å². The van der Waals surface area contributed by atoms with E-state index in [0.717, 1.165) is 16.7 Å². The molecule has 1 rings (SSSR count). The number of aryl methyl sites for hydroxylation is 2. The van der Waals surface area contributed by atoms with Crippen molar-refractivity contribution in [1.82, 2.24) is 0 Å². The van der Waals surface area contributed by atoms with Gasteiger partial charge in [-0.05, 0) is 31.4 Å². The zero-order chi connectivity index (χ0) is 10.7. The molecule has 14 heavy (non-hydrogen) atoms. The number of hydrogen-bond donors (Lipinski definition) is 1. The van der Waals surface area contributed by atoms with Gasteiger partial charge in [0.15, 0.2) is 0 Å². The lowest BCUT2D eigenvalue weighted by molar-refractivity contribution is 0.116. The SMILES string of the molecule is Cc1ccc(CC(N)C(F)F)c(C)c1. The smallest absolute Gasteiger partial charge is 0.253 e. The molecular formula is C11H15F2N. The Labute approximate surface area is 82.9 Å². The molecule has 78 valence electrons. The van der Waals surface area contributed by atoms with Crippen LogP contribution in [0.15, 0.2) is 18.2 Å². The predicted molar refractivity (Wildman–Crippen MR) is 53.6 cm³/mol. The maximum atomic E-state index is 12.2. The second-order valence-electron chi connectivity index (χ2n) is 3.63. The molecule has 0 spiro atoms. The fourth-order valence-corrected chi connectivity index (χ4v) is 1.42. The van der Waals surface area contributed by atoms with Gasteiger partial charge in [-0.1, -0.05) is 23.8 Å². The Morgan fingerprint density at radius 1 is 1.29 bits per heavy atom. The maximum Gasteiger partial charge on any atom is 0.253 e. The highest BCUT2D eigenvalue weighted by atomic mass is 19.3.